The van der Waals surface area contributed by atoms with Crippen LogP contribution in [0.5, 0.6) is 0 Å². The summed E-state index contributed by atoms with van der Waals surface area (Å²) in [5, 5.41) is 9.36. The van der Waals surface area contributed by atoms with Crippen molar-refractivity contribution >= 4 is 35.1 Å². The van der Waals surface area contributed by atoms with Crippen LogP contribution in [-0.4, -0.2) is 21.0 Å². The second-order valence-corrected chi connectivity index (χ2v) is 6.34. The third kappa shape index (κ3) is 4.47. The Morgan fingerprint density at radius 2 is 2.05 bits per heavy atom. The van der Waals surface area contributed by atoms with E-state index < -0.39 is 5.97 Å². The van der Waals surface area contributed by atoms with E-state index in [-0.39, 0.29) is 0 Å². The third-order valence-electron chi connectivity index (χ3n) is 2.38. The summed E-state index contributed by atoms with van der Waals surface area (Å²) < 4.78 is 0. The number of carboxylic acids is 1. The van der Waals surface area contributed by atoms with Crippen LogP contribution in [0.15, 0.2) is 29.4 Å². The van der Waals surface area contributed by atoms with E-state index in [1.165, 1.54) is 4.88 Å². The molecule has 0 aromatic carbocycles. The number of rotatable bonds is 5. The zero-order chi connectivity index (χ0) is 14.5. The predicted molar refractivity (Wildman–Crippen MR) is 82.1 cm³/mol. The zero-order valence-electron chi connectivity index (χ0n) is 11.2. The zero-order valence-corrected chi connectivity index (χ0v) is 12.8. The fourth-order valence-corrected chi connectivity index (χ4v) is 3.52. The number of carboxylic acid groups (broad SMARTS) is 1. The molecule has 6 heteroatoms. The summed E-state index contributed by atoms with van der Waals surface area (Å²) in [6.07, 6.45) is 2.75. The van der Waals surface area contributed by atoms with Gasteiger partial charge in [-0.2, -0.15) is 0 Å². The van der Waals surface area contributed by atoms with Crippen molar-refractivity contribution < 1.29 is 9.90 Å². The molecule has 0 atom stereocenters. The third-order valence-corrected chi connectivity index (χ3v) is 4.51. The molecule has 2 rings (SSSR count). The van der Waals surface area contributed by atoms with Gasteiger partial charge in [0, 0.05) is 33.0 Å². The maximum absolute atomic E-state index is 10.5. The lowest BCUT2D eigenvalue weighted by Gasteiger charge is -2.01. The molecule has 20 heavy (non-hydrogen) atoms. The van der Waals surface area contributed by atoms with Crippen molar-refractivity contribution in [2.75, 3.05) is 0 Å². The first-order valence-electron chi connectivity index (χ1n) is 5.98. The molecule has 2 aromatic heterocycles. The van der Waals surface area contributed by atoms with Crippen molar-refractivity contribution in [3.63, 3.8) is 0 Å². The summed E-state index contributed by atoms with van der Waals surface area (Å²) in [7, 11) is 0. The number of hydrogen-bond acceptors (Lipinski definition) is 5. The number of nitrogens with zero attached hydrogens (tertiary/aromatic N) is 2. The Labute approximate surface area is 125 Å². The number of carbonyl (C=O) groups is 1. The highest BCUT2D eigenvalue weighted by molar-refractivity contribution is 7.98. The first kappa shape index (κ1) is 14.7. The van der Waals surface area contributed by atoms with Gasteiger partial charge in [-0.15, -0.1) is 11.3 Å². The number of aryl methyl sites for hydroxylation is 2. The number of thioether (sulfide) groups is 1. The Morgan fingerprint density at radius 3 is 2.70 bits per heavy atom. The van der Waals surface area contributed by atoms with Crippen molar-refractivity contribution in [3.05, 3.63) is 45.4 Å². The number of aromatic nitrogens is 2. The van der Waals surface area contributed by atoms with E-state index in [1.54, 1.807) is 29.2 Å². The molecule has 0 unspecified atom stereocenters. The molecule has 4 nitrogen and oxygen atoms in total. The highest BCUT2D eigenvalue weighted by Crippen LogP contribution is 2.25. The van der Waals surface area contributed by atoms with Gasteiger partial charge >= 0.3 is 5.97 Å². The van der Waals surface area contributed by atoms with Gasteiger partial charge in [0.2, 0.25) is 0 Å². The monoisotopic (exact) mass is 306 g/mol. The van der Waals surface area contributed by atoms with Crippen LogP contribution in [-0.2, 0) is 10.5 Å². The molecule has 0 amide bonds. The van der Waals surface area contributed by atoms with E-state index in [0.29, 0.717) is 0 Å². The van der Waals surface area contributed by atoms with Gasteiger partial charge in [0.1, 0.15) is 0 Å². The molecule has 0 spiro atoms. The van der Waals surface area contributed by atoms with Crippen LogP contribution in [0.1, 0.15) is 21.1 Å². The van der Waals surface area contributed by atoms with Crippen LogP contribution in [0.3, 0.4) is 0 Å². The molecule has 0 aliphatic rings. The van der Waals surface area contributed by atoms with E-state index in [1.807, 2.05) is 32.0 Å². The van der Waals surface area contributed by atoms with E-state index in [2.05, 4.69) is 9.97 Å². The molecule has 104 valence electrons. The minimum atomic E-state index is -0.932. The summed E-state index contributed by atoms with van der Waals surface area (Å²) in [6.45, 7) is 3.91. The SMILES string of the molecule is Cc1cc(C)nc(SCc2ccc(C=CC(=O)O)s2)n1. The minimum absolute atomic E-state index is 0.776. The largest absolute Gasteiger partial charge is 0.478 e. The summed E-state index contributed by atoms with van der Waals surface area (Å²) in [5.74, 6) is -0.146. The Kier molecular flexibility index (Phi) is 4.92. The second kappa shape index (κ2) is 6.67. The molecule has 1 N–H and O–H groups in total. The van der Waals surface area contributed by atoms with Crippen LogP contribution >= 0.6 is 23.1 Å². The van der Waals surface area contributed by atoms with Crippen LogP contribution in [0.2, 0.25) is 0 Å². The molecular weight excluding hydrogens is 292 g/mol. The fraction of sp³-hybridized carbons (Fsp3) is 0.214. The molecule has 0 aliphatic carbocycles. The van der Waals surface area contributed by atoms with Gasteiger partial charge in [0.25, 0.3) is 0 Å². The Morgan fingerprint density at radius 1 is 1.35 bits per heavy atom. The lowest BCUT2D eigenvalue weighted by atomic mass is 10.4. The van der Waals surface area contributed by atoms with E-state index >= 15 is 0 Å². The van der Waals surface area contributed by atoms with E-state index in [0.717, 1.165) is 33.3 Å². The molecule has 0 radical (unpaired) electrons. The molecule has 0 saturated carbocycles. The molecular formula is C14H14N2O2S2. The summed E-state index contributed by atoms with van der Waals surface area (Å²) in [6, 6.07) is 5.87. The topological polar surface area (TPSA) is 63.1 Å². The van der Waals surface area contributed by atoms with Crippen molar-refractivity contribution in [2.45, 2.75) is 24.8 Å². The van der Waals surface area contributed by atoms with Gasteiger partial charge in [-0.25, -0.2) is 14.8 Å². The van der Waals surface area contributed by atoms with Crippen LogP contribution in [0, 0.1) is 13.8 Å². The smallest absolute Gasteiger partial charge is 0.328 e. The molecule has 0 saturated heterocycles. The molecule has 2 heterocycles. The highest BCUT2D eigenvalue weighted by atomic mass is 32.2. The Bertz CT molecular complexity index is 630. The Balaban J connectivity index is 1.99. The average molecular weight is 306 g/mol. The Hall–Kier alpha value is -1.66. The molecule has 0 aliphatic heterocycles. The van der Waals surface area contributed by atoms with Gasteiger partial charge in [-0.3, -0.25) is 0 Å². The lowest BCUT2D eigenvalue weighted by Crippen LogP contribution is -1.92. The number of thiophene rings is 1. The first-order chi connectivity index (χ1) is 9.52. The van der Waals surface area contributed by atoms with Crippen molar-refractivity contribution in [2.24, 2.45) is 0 Å². The maximum atomic E-state index is 10.5. The maximum Gasteiger partial charge on any atom is 0.328 e. The van der Waals surface area contributed by atoms with Crippen molar-refractivity contribution in [3.8, 4) is 0 Å². The van der Waals surface area contributed by atoms with E-state index in [4.69, 9.17) is 5.11 Å². The van der Waals surface area contributed by atoms with Crippen molar-refractivity contribution in [1.29, 1.82) is 0 Å². The number of hydrogen-bond donors (Lipinski definition) is 1. The predicted octanol–water partition coefficient (Wildman–Crippen LogP) is 3.55. The highest BCUT2D eigenvalue weighted by Gasteiger charge is 2.03. The lowest BCUT2D eigenvalue weighted by molar-refractivity contribution is -0.131. The molecule has 2 aromatic rings. The van der Waals surface area contributed by atoms with Gasteiger partial charge < -0.3 is 5.11 Å². The standard InChI is InChI=1S/C14H14N2O2S2/c1-9-7-10(2)16-14(15-9)19-8-12-4-3-11(20-12)5-6-13(17)18/h3-7H,8H2,1-2H3,(H,17,18). The number of aliphatic carboxylic acids is 1. The van der Waals surface area contributed by atoms with E-state index in [9.17, 15) is 4.79 Å². The summed E-state index contributed by atoms with van der Waals surface area (Å²) in [5.41, 5.74) is 1.94. The normalized spacial score (nSPS) is 11.1. The van der Waals surface area contributed by atoms with Crippen LogP contribution in [0.4, 0.5) is 0 Å². The average Bonchev–Trinajstić information content (AvgIpc) is 2.81. The summed E-state index contributed by atoms with van der Waals surface area (Å²) >= 11 is 3.16. The second-order valence-electron chi connectivity index (χ2n) is 4.20. The fourth-order valence-electron chi connectivity index (χ4n) is 1.61. The van der Waals surface area contributed by atoms with Crippen LogP contribution in [0.25, 0.3) is 6.08 Å². The van der Waals surface area contributed by atoms with Gasteiger partial charge in [0.05, 0.1) is 0 Å². The quantitative estimate of drug-likeness (QED) is 0.520. The van der Waals surface area contributed by atoms with Gasteiger partial charge in [-0.1, -0.05) is 11.8 Å². The molecule has 0 fully saturated rings. The summed E-state index contributed by atoms with van der Waals surface area (Å²) in [4.78, 5) is 21.3. The van der Waals surface area contributed by atoms with Gasteiger partial charge in [0.15, 0.2) is 5.16 Å². The molecule has 0 bridgehead atoms. The minimum Gasteiger partial charge on any atom is -0.478 e. The van der Waals surface area contributed by atoms with Crippen LogP contribution < -0.4 is 0 Å². The van der Waals surface area contributed by atoms with Gasteiger partial charge in [-0.05, 0) is 38.1 Å². The first-order valence-corrected chi connectivity index (χ1v) is 7.78. The van der Waals surface area contributed by atoms with Crippen molar-refractivity contribution in [1.82, 2.24) is 9.97 Å².